The highest BCUT2D eigenvalue weighted by Gasteiger charge is 2.31. The molecule has 7 heteroatoms. The average Bonchev–Trinajstić information content (AvgIpc) is 3.14. The molecule has 2 aromatic carbocycles. The second kappa shape index (κ2) is 11.8. The maximum Gasteiger partial charge on any atom is 0.416 e. The van der Waals surface area contributed by atoms with Gasteiger partial charge in [-0.15, -0.1) is 0 Å². The quantitative estimate of drug-likeness (QED) is 0.208. The zero-order valence-corrected chi connectivity index (χ0v) is 20.0. The number of halogens is 4. The SMILES string of the molecule is CCCCCCCCCCCCn1c(-c2ccc(Cl)c(N)c2)nc2ccc(C(F)(F)F)cc21. The molecule has 0 fully saturated rings. The van der Waals surface area contributed by atoms with Crippen LogP contribution in [0.1, 0.15) is 76.7 Å². The van der Waals surface area contributed by atoms with Gasteiger partial charge in [0.25, 0.3) is 0 Å². The Labute approximate surface area is 199 Å². The first-order valence-electron chi connectivity index (χ1n) is 11.9. The minimum atomic E-state index is -4.40. The number of nitrogens with two attached hydrogens (primary N) is 1. The van der Waals surface area contributed by atoms with Gasteiger partial charge in [-0.3, -0.25) is 0 Å². The molecule has 0 aliphatic carbocycles. The van der Waals surface area contributed by atoms with E-state index in [1.165, 1.54) is 57.1 Å². The first-order chi connectivity index (χ1) is 15.8. The highest BCUT2D eigenvalue weighted by Crippen LogP contribution is 2.34. The summed E-state index contributed by atoms with van der Waals surface area (Å²) in [4.78, 5) is 4.64. The van der Waals surface area contributed by atoms with Crippen LogP contribution in [0.2, 0.25) is 5.02 Å². The predicted octanol–water partition coefficient (Wildman–Crippen LogP) is 8.88. The summed E-state index contributed by atoms with van der Waals surface area (Å²) in [6.07, 6.45) is 7.61. The van der Waals surface area contributed by atoms with E-state index in [1.54, 1.807) is 18.2 Å². The molecule has 0 saturated heterocycles. The van der Waals surface area contributed by atoms with Gasteiger partial charge >= 0.3 is 6.18 Å². The number of aromatic nitrogens is 2. The zero-order valence-electron chi connectivity index (χ0n) is 19.2. The van der Waals surface area contributed by atoms with Gasteiger partial charge in [-0.2, -0.15) is 13.2 Å². The largest absolute Gasteiger partial charge is 0.416 e. The summed E-state index contributed by atoms with van der Waals surface area (Å²) in [5, 5.41) is 0.440. The number of benzene rings is 2. The van der Waals surface area contributed by atoms with Crippen LogP contribution in [0.4, 0.5) is 18.9 Å². The molecule has 0 atom stereocenters. The molecule has 0 saturated carbocycles. The lowest BCUT2D eigenvalue weighted by Crippen LogP contribution is -2.06. The summed E-state index contributed by atoms with van der Waals surface area (Å²) < 4.78 is 41.9. The molecule has 3 aromatic rings. The van der Waals surface area contributed by atoms with Gasteiger partial charge in [-0.05, 0) is 42.8 Å². The van der Waals surface area contributed by atoms with Gasteiger partial charge in [0.15, 0.2) is 0 Å². The molecular formula is C26H33ClF3N3. The number of imidazole rings is 1. The van der Waals surface area contributed by atoms with Crippen molar-refractivity contribution in [1.82, 2.24) is 9.55 Å². The average molecular weight is 480 g/mol. The molecule has 2 N–H and O–H groups in total. The minimum Gasteiger partial charge on any atom is -0.398 e. The van der Waals surface area contributed by atoms with E-state index < -0.39 is 11.7 Å². The fraction of sp³-hybridized carbons (Fsp3) is 0.500. The molecule has 3 rings (SSSR count). The summed E-state index contributed by atoms with van der Waals surface area (Å²) in [6.45, 7) is 2.83. The van der Waals surface area contributed by atoms with Crippen molar-refractivity contribution >= 4 is 28.3 Å². The van der Waals surface area contributed by atoms with Gasteiger partial charge in [0.1, 0.15) is 5.82 Å². The highest BCUT2D eigenvalue weighted by molar-refractivity contribution is 6.33. The molecule has 1 aromatic heterocycles. The van der Waals surface area contributed by atoms with Crippen LogP contribution in [-0.4, -0.2) is 9.55 Å². The van der Waals surface area contributed by atoms with Gasteiger partial charge < -0.3 is 10.3 Å². The number of alkyl halides is 3. The fourth-order valence-corrected chi connectivity index (χ4v) is 4.30. The predicted molar refractivity (Wildman–Crippen MR) is 131 cm³/mol. The second-order valence-electron chi connectivity index (χ2n) is 8.71. The van der Waals surface area contributed by atoms with Crippen LogP contribution >= 0.6 is 11.6 Å². The molecule has 0 aliphatic rings. The third-order valence-corrected chi connectivity index (χ3v) is 6.41. The molecule has 0 spiro atoms. The number of hydrogen-bond acceptors (Lipinski definition) is 2. The fourth-order valence-electron chi connectivity index (χ4n) is 4.19. The van der Waals surface area contributed by atoms with E-state index in [-0.39, 0.29) is 0 Å². The number of nitrogen functional groups attached to an aromatic ring is 1. The van der Waals surface area contributed by atoms with Crippen molar-refractivity contribution in [3.05, 3.63) is 47.0 Å². The summed E-state index contributed by atoms with van der Waals surface area (Å²) in [6, 6.07) is 8.94. The van der Waals surface area contributed by atoms with Gasteiger partial charge in [-0.25, -0.2) is 4.98 Å². The van der Waals surface area contributed by atoms with Crippen LogP contribution in [0.25, 0.3) is 22.4 Å². The Bertz CT molecular complexity index is 1040. The number of fused-ring (bicyclic) bond motifs is 1. The smallest absolute Gasteiger partial charge is 0.398 e. The minimum absolute atomic E-state index is 0.419. The van der Waals surface area contributed by atoms with Crippen LogP contribution in [0.15, 0.2) is 36.4 Å². The maximum atomic E-state index is 13.3. The van der Waals surface area contributed by atoms with Crippen molar-refractivity contribution in [2.75, 3.05) is 5.73 Å². The number of unbranched alkanes of at least 4 members (excludes halogenated alkanes) is 9. The lowest BCUT2D eigenvalue weighted by molar-refractivity contribution is -0.137. The Kier molecular flexibility index (Phi) is 9.07. The molecule has 1 heterocycles. The molecule has 0 aliphatic heterocycles. The summed E-state index contributed by atoms with van der Waals surface area (Å²) in [5.41, 5.74) is 7.50. The van der Waals surface area contributed by atoms with E-state index in [0.717, 1.165) is 30.9 Å². The first-order valence-corrected chi connectivity index (χ1v) is 12.3. The Morgan fingerprint density at radius 2 is 1.52 bits per heavy atom. The van der Waals surface area contributed by atoms with Gasteiger partial charge in [-0.1, -0.05) is 76.3 Å². The number of hydrogen-bond donors (Lipinski definition) is 1. The van der Waals surface area contributed by atoms with Crippen LogP contribution in [-0.2, 0) is 12.7 Å². The van der Waals surface area contributed by atoms with Gasteiger partial charge in [0.05, 0.1) is 27.3 Å². The molecule has 0 amide bonds. The van der Waals surface area contributed by atoms with Crippen LogP contribution in [0, 0.1) is 0 Å². The molecule has 0 unspecified atom stereocenters. The van der Waals surface area contributed by atoms with E-state index in [9.17, 15) is 13.2 Å². The van der Waals surface area contributed by atoms with E-state index >= 15 is 0 Å². The summed E-state index contributed by atoms with van der Waals surface area (Å²) in [5.74, 6) is 0.614. The summed E-state index contributed by atoms with van der Waals surface area (Å²) >= 11 is 6.06. The van der Waals surface area contributed by atoms with Crippen molar-refractivity contribution in [3.8, 4) is 11.4 Å². The molecule has 3 nitrogen and oxygen atoms in total. The summed E-state index contributed by atoms with van der Waals surface area (Å²) in [7, 11) is 0. The number of anilines is 1. The number of rotatable bonds is 12. The Hall–Kier alpha value is -2.21. The Morgan fingerprint density at radius 3 is 2.12 bits per heavy atom. The normalized spacial score (nSPS) is 12.0. The van der Waals surface area contributed by atoms with E-state index in [2.05, 4.69) is 11.9 Å². The second-order valence-corrected chi connectivity index (χ2v) is 9.11. The van der Waals surface area contributed by atoms with Crippen LogP contribution in [0.5, 0.6) is 0 Å². The Balaban J connectivity index is 1.73. The van der Waals surface area contributed by atoms with E-state index in [0.29, 0.717) is 34.1 Å². The van der Waals surface area contributed by atoms with E-state index in [1.807, 2.05) is 4.57 Å². The van der Waals surface area contributed by atoms with Gasteiger partial charge in [0, 0.05) is 12.1 Å². The molecule has 33 heavy (non-hydrogen) atoms. The van der Waals surface area contributed by atoms with Crippen molar-refractivity contribution in [3.63, 3.8) is 0 Å². The molecule has 180 valence electrons. The van der Waals surface area contributed by atoms with Crippen molar-refractivity contribution in [2.24, 2.45) is 0 Å². The lowest BCUT2D eigenvalue weighted by atomic mass is 10.1. The number of aryl methyl sites for hydroxylation is 1. The molecular weight excluding hydrogens is 447 g/mol. The zero-order chi connectivity index (χ0) is 23.8. The topological polar surface area (TPSA) is 43.8 Å². The van der Waals surface area contributed by atoms with Crippen molar-refractivity contribution in [1.29, 1.82) is 0 Å². The van der Waals surface area contributed by atoms with Crippen LogP contribution < -0.4 is 5.73 Å². The lowest BCUT2D eigenvalue weighted by Gasteiger charge is -2.12. The van der Waals surface area contributed by atoms with Crippen LogP contribution in [0.3, 0.4) is 0 Å². The third kappa shape index (κ3) is 6.89. The first kappa shape index (κ1) is 25.4. The standard InChI is InChI=1S/C26H33ClF3N3/c1-2-3-4-5-6-7-8-9-10-11-16-33-24-18-20(26(28,29)30)13-15-23(24)32-25(33)19-12-14-21(27)22(31)17-19/h12-15,17-18H,2-11,16,31H2,1H3. The molecule has 0 radical (unpaired) electrons. The Morgan fingerprint density at radius 1 is 0.879 bits per heavy atom. The number of nitrogens with zero attached hydrogens (tertiary/aromatic N) is 2. The third-order valence-electron chi connectivity index (χ3n) is 6.07. The maximum absolute atomic E-state index is 13.3. The monoisotopic (exact) mass is 479 g/mol. The van der Waals surface area contributed by atoms with Crippen molar-refractivity contribution in [2.45, 2.75) is 83.9 Å². The van der Waals surface area contributed by atoms with Crippen molar-refractivity contribution < 1.29 is 13.2 Å². The van der Waals surface area contributed by atoms with Gasteiger partial charge in [0.2, 0.25) is 0 Å². The highest BCUT2D eigenvalue weighted by atomic mass is 35.5. The van der Waals surface area contributed by atoms with E-state index in [4.69, 9.17) is 17.3 Å². The molecule has 0 bridgehead atoms.